The van der Waals surface area contributed by atoms with Gasteiger partial charge in [0, 0.05) is 5.56 Å². The van der Waals surface area contributed by atoms with Gasteiger partial charge in [-0.3, -0.25) is 14.9 Å². The van der Waals surface area contributed by atoms with Crippen LogP contribution in [0.1, 0.15) is 23.6 Å². The van der Waals surface area contributed by atoms with Gasteiger partial charge in [-0.05, 0) is 54.0 Å². The number of nitrogens with zero attached hydrogens (tertiary/aromatic N) is 1. The maximum Gasteiger partial charge on any atom is 0.335 e. The zero-order chi connectivity index (χ0) is 23.4. The van der Waals surface area contributed by atoms with Crippen molar-refractivity contribution in [2.45, 2.75) is 20.0 Å². The van der Waals surface area contributed by atoms with Crippen molar-refractivity contribution >= 4 is 29.6 Å². The van der Waals surface area contributed by atoms with Gasteiger partial charge in [0.25, 0.3) is 11.8 Å². The number of urea groups is 1. The Labute approximate surface area is 190 Å². The molecule has 7 heteroatoms. The Morgan fingerprint density at radius 3 is 2.30 bits per heavy atom. The lowest BCUT2D eigenvalue weighted by molar-refractivity contribution is -0.122. The van der Waals surface area contributed by atoms with Crippen molar-refractivity contribution in [2.75, 3.05) is 4.90 Å². The summed E-state index contributed by atoms with van der Waals surface area (Å²) in [5.74, 6) is -1.30. The number of nitrogens with one attached hydrogen (secondary N) is 1. The highest BCUT2D eigenvalue weighted by molar-refractivity contribution is 6.39. The normalized spacial score (nSPS) is 15.0. The number of amides is 4. The SMILES string of the molecule is CCc1ccc(N2C(=O)NC(=O)/C(=C/c3ccc(OCc4ccccc4F)cc3)C2=O)cc1. The maximum absolute atomic E-state index is 13.7. The summed E-state index contributed by atoms with van der Waals surface area (Å²) in [6.45, 7) is 2.07. The lowest BCUT2D eigenvalue weighted by atomic mass is 10.1. The number of carbonyl (C=O) groups excluding carboxylic acids is 3. The Morgan fingerprint density at radius 2 is 1.64 bits per heavy atom. The summed E-state index contributed by atoms with van der Waals surface area (Å²) in [4.78, 5) is 38.6. The molecule has 1 saturated heterocycles. The molecule has 6 nitrogen and oxygen atoms in total. The molecule has 0 aromatic heterocycles. The average Bonchev–Trinajstić information content (AvgIpc) is 2.82. The van der Waals surface area contributed by atoms with Crippen LogP contribution in [-0.4, -0.2) is 17.8 Å². The van der Waals surface area contributed by atoms with Gasteiger partial charge in [0.05, 0.1) is 5.69 Å². The minimum atomic E-state index is -0.789. The molecule has 1 fully saturated rings. The van der Waals surface area contributed by atoms with Crippen molar-refractivity contribution in [3.8, 4) is 5.75 Å². The molecule has 0 spiro atoms. The van der Waals surface area contributed by atoms with E-state index in [-0.39, 0.29) is 18.0 Å². The molecule has 1 aliphatic heterocycles. The number of carbonyl (C=O) groups is 3. The first kappa shape index (κ1) is 22.0. The van der Waals surface area contributed by atoms with E-state index in [1.54, 1.807) is 54.6 Å². The van der Waals surface area contributed by atoms with E-state index < -0.39 is 17.8 Å². The number of hydrogen-bond acceptors (Lipinski definition) is 4. The van der Waals surface area contributed by atoms with Crippen molar-refractivity contribution in [1.82, 2.24) is 5.32 Å². The maximum atomic E-state index is 13.7. The molecular weight excluding hydrogens is 423 g/mol. The largest absolute Gasteiger partial charge is 0.489 e. The fourth-order valence-electron chi connectivity index (χ4n) is 3.38. The summed E-state index contributed by atoms with van der Waals surface area (Å²) >= 11 is 0. The van der Waals surface area contributed by atoms with Gasteiger partial charge in [-0.25, -0.2) is 14.1 Å². The van der Waals surface area contributed by atoms with Crippen molar-refractivity contribution < 1.29 is 23.5 Å². The molecule has 1 aliphatic rings. The molecule has 4 rings (SSSR count). The second-order valence-corrected chi connectivity index (χ2v) is 7.43. The number of rotatable bonds is 6. The van der Waals surface area contributed by atoms with E-state index in [9.17, 15) is 18.8 Å². The van der Waals surface area contributed by atoms with E-state index in [4.69, 9.17) is 4.74 Å². The summed E-state index contributed by atoms with van der Waals surface area (Å²) in [5, 5.41) is 2.21. The summed E-state index contributed by atoms with van der Waals surface area (Å²) < 4.78 is 19.3. The Morgan fingerprint density at radius 1 is 0.939 bits per heavy atom. The van der Waals surface area contributed by atoms with Gasteiger partial charge in [-0.15, -0.1) is 0 Å². The van der Waals surface area contributed by atoms with Crippen LogP contribution < -0.4 is 15.0 Å². The van der Waals surface area contributed by atoms with Gasteiger partial charge < -0.3 is 4.74 Å². The molecule has 0 atom stereocenters. The molecule has 0 unspecified atom stereocenters. The van der Waals surface area contributed by atoms with Gasteiger partial charge in [0.15, 0.2) is 0 Å². The van der Waals surface area contributed by atoms with E-state index >= 15 is 0 Å². The van der Waals surface area contributed by atoms with Crippen LogP contribution in [0.2, 0.25) is 0 Å². The number of aryl methyl sites for hydroxylation is 1. The molecule has 4 amide bonds. The van der Waals surface area contributed by atoms with Crippen LogP contribution in [0.4, 0.5) is 14.9 Å². The molecule has 0 bridgehead atoms. The van der Waals surface area contributed by atoms with Gasteiger partial charge in [0.2, 0.25) is 0 Å². The monoisotopic (exact) mass is 444 g/mol. The summed E-state index contributed by atoms with van der Waals surface area (Å²) in [7, 11) is 0. The van der Waals surface area contributed by atoms with E-state index in [1.165, 1.54) is 12.1 Å². The van der Waals surface area contributed by atoms with Crippen molar-refractivity contribution in [3.63, 3.8) is 0 Å². The fraction of sp³-hybridized carbons (Fsp3) is 0.115. The van der Waals surface area contributed by atoms with Crippen LogP contribution in [-0.2, 0) is 22.6 Å². The third-order valence-corrected chi connectivity index (χ3v) is 5.25. The summed E-state index contributed by atoms with van der Waals surface area (Å²) in [5.41, 5.74) is 2.29. The standard InChI is InChI=1S/C26H21FN2O4/c1-2-17-7-11-20(12-8-17)29-25(31)22(24(30)28-26(29)32)15-18-9-13-21(14-10-18)33-16-19-5-3-4-6-23(19)27/h3-15H,2,16H2,1H3,(H,28,30,32)/b22-15-. The van der Waals surface area contributed by atoms with Crippen molar-refractivity contribution in [2.24, 2.45) is 0 Å². The van der Waals surface area contributed by atoms with Crippen LogP contribution in [0.25, 0.3) is 6.08 Å². The topological polar surface area (TPSA) is 75.7 Å². The number of ether oxygens (including phenoxy) is 1. The van der Waals surface area contributed by atoms with Crippen LogP contribution >= 0.6 is 0 Å². The predicted molar refractivity (Wildman–Crippen MR) is 122 cm³/mol. The molecular formula is C26H21FN2O4. The number of anilines is 1. The molecule has 3 aromatic carbocycles. The highest BCUT2D eigenvalue weighted by Crippen LogP contribution is 2.23. The van der Waals surface area contributed by atoms with E-state index in [0.717, 1.165) is 16.9 Å². The highest BCUT2D eigenvalue weighted by Gasteiger charge is 2.36. The Balaban J connectivity index is 1.51. The van der Waals surface area contributed by atoms with Gasteiger partial charge in [-0.2, -0.15) is 0 Å². The zero-order valence-electron chi connectivity index (χ0n) is 17.9. The second kappa shape index (κ2) is 9.48. The summed E-state index contributed by atoms with van der Waals surface area (Å²) in [6.07, 6.45) is 2.24. The van der Waals surface area contributed by atoms with Crippen molar-refractivity contribution in [3.05, 3.63) is 101 Å². The lowest BCUT2D eigenvalue weighted by Gasteiger charge is -2.26. The summed E-state index contributed by atoms with van der Waals surface area (Å²) in [6, 6.07) is 19.2. The van der Waals surface area contributed by atoms with Gasteiger partial charge >= 0.3 is 6.03 Å². The third kappa shape index (κ3) is 4.82. The number of hydrogen-bond donors (Lipinski definition) is 1. The number of imide groups is 2. The molecule has 3 aromatic rings. The smallest absolute Gasteiger partial charge is 0.335 e. The number of barbiturate groups is 1. The second-order valence-electron chi connectivity index (χ2n) is 7.43. The Bertz CT molecular complexity index is 1230. The molecule has 0 radical (unpaired) electrons. The zero-order valence-corrected chi connectivity index (χ0v) is 17.9. The molecule has 1 N–H and O–H groups in total. The quantitative estimate of drug-likeness (QED) is 0.444. The third-order valence-electron chi connectivity index (χ3n) is 5.25. The molecule has 1 heterocycles. The number of benzene rings is 3. The fourth-order valence-corrected chi connectivity index (χ4v) is 3.38. The van der Waals surface area contributed by atoms with Gasteiger partial charge in [0.1, 0.15) is 23.7 Å². The lowest BCUT2D eigenvalue weighted by Crippen LogP contribution is -2.54. The van der Waals surface area contributed by atoms with Crippen molar-refractivity contribution in [1.29, 1.82) is 0 Å². The first-order chi connectivity index (χ1) is 16.0. The van der Waals surface area contributed by atoms with E-state index in [1.807, 2.05) is 19.1 Å². The van der Waals surface area contributed by atoms with E-state index in [2.05, 4.69) is 5.32 Å². The molecule has 0 saturated carbocycles. The highest BCUT2D eigenvalue weighted by atomic mass is 19.1. The van der Waals surface area contributed by atoms with Crippen LogP contribution in [0.5, 0.6) is 5.75 Å². The van der Waals surface area contributed by atoms with Crippen LogP contribution in [0, 0.1) is 5.82 Å². The van der Waals surface area contributed by atoms with E-state index in [0.29, 0.717) is 22.6 Å². The Hall–Kier alpha value is -4.26. The first-order valence-electron chi connectivity index (χ1n) is 10.4. The van der Waals surface area contributed by atoms with Gasteiger partial charge in [-0.1, -0.05) is 49.4 Å². The minimum absolute atomic E-state index is 0.0713. The predicted octanol–water partition coefficient (Wildman–Crippen LogP) is 4.63. The molecule has 0 aliphatic carbocycles. The molecule has 166 valence electrons. The van der Waals surface area contributed by atoms with Crippen LogP contribution in [0.15, 0.2) is 78.4 Å². The van der Waals surface area contributed by atoms with Crippen LogP contribution in [0.3, 0.4) is 0 Å². The minimum Gasteiger partial charge on any atom is -0.489 e. The number of halogens is 1. The average molecular weight is 444 g/mol. The molecule has 33 heavy (non-hydrogen) atoms. The Kier molecular flexibility index (Phi) is 6.31. The first-order valence-corrected chi connectivity index (χ1v) is 10.4.